The second-order valence-electron chi connectivity index (χ2n) is 33.4. The lowest BCUT2D eigenvalue weighted by Crippen LogP contribution is -2.61. The van der Waals surface area contributed by atoms with Crippen LogP contribution in [0, 0.1) is 5.92 Å². The number of carboxylic acid groups (broad SMARTS) is 4. The van der Waals surface area contributed by atoms with Crippen LogP contribution in [0.3, 0.4) is 0 Å². The fourth-order valence-electron chi connectivity index (χ4n) is 16.2. The fourth-order valence-corrected chi connectivity index (χ4v) is 17.1. The van der Waals surface area contributed by atoms with Gasteiger partial charge in [-0.2, -0.15) is 0 Å². The summed E-state index contributed by atoms with van der Waals surface area (Å²) in [6, 6.07) is -3.17. The number of aliphatic hydroxyl groups excluding tert-OH is 1. The first-order valence-electron chi connectivity index (χ1n) is 44.0. The SMILES string of the molecule is CCCC[C@H]1C(=O)N(C)[C@@H](CCCC)C(=O)N[C@@H](CNC(=O)O)C(=O)N[C@H](C(=O)NCC(N)=O)CSCC(=O)N[C@@H](Cc2ccc(O)cc2)C(=O)N(C)[C@@H](C)C(=O)N[C@@H](CC(=O)O)C(=O)N2CCC[C@H]2C(=O)N[C@@H](CN)C(=O)N[C@@H](CCC(=O)O)C(=O)N2C[C@H](O)C[C@H]2C(=O)C[C@@H](Cc2c[nH]c3ccccc23)C(=O)N[C@@H](CCC(=O)O)C(=O)N[C@@H](Cc2c[nH]c3ccccc23)C(=O)N1C. The summed E-state index contributed by atoms with van der Waals surface area (Å²) < 4.78 is 0. The molecule has 0 spiro atoms. The average Bonchev–Trinajstić information content (AvgIpc) is 1.55. The number of nitrogens with zero attached hydrogens (tertiary/aromatic N) is 5. The highest BCUT2D eigenvalue weighted by molar-refractivity contribution is 8.00. The number of aromatic hydroxyl groups is 1. The van der Waals surface area contributed by atoms with E-state index in [0.717, 1.165) is 31.5 Å². The van der Waals surface area contributed by atoms with Crippen LogP contribution < -0.4 is 64.6 Å². The number of hydrogen-bond donors (Lipinski definition) is 20. The van der Waals surface area contributed by atoms with Crippen molar-refractivity contribution in [3.63, 3.8) is 0 Å². The summed E-state index contributed by atoms with van der Waals surface area (Å²) in [7, 11) is 3.65. The molecule has 46 heteroatoms. The van der Waals surface area contributed by atoms with Gasteiger partial charge in [0.05, 0.1) is 37.4 Å². The van der Waals surface area contributed by atoms with Gasteiger partial charge in [-0.25, -0.2) is 4.79 Å². The molecule has 15 atom stereocenters. The third-order valence-electron chi connectivity index (χ3n) is 23.7. The minimum absolute atomic E-state index is 0.0843. The number of nitrogens with two attached hydrogens (primary N) is 2. The van der Waals surface area contributed by atoms with Crippen LogP contribution in [0.5, 0.6) is 5.75 Å². The zero-order valence-corrected chi connectivity index (χ0v) is 75.9. The third-order valence-corrected chi connectivity index (χ3v) is 24.8. The molecule has 3 saturated heterocycles. The first-order chi connectivity index (χ1) is 63.6. The maximum atomic E-state index is 15.8. The first-order valence-corrected chi connectivity index (χ1v) is 45.2. The van der Waals surface area contributed by atoms with Crippen LogP contribution in [0.2, 0.25) is 0 Å². The molecule has 3 aromatic carbocycles. The molecule has 22 N–H and O–H groups in total. The number of H-pyrrole nitrogens is 2. The Kier molecular flexibility index (Phi) is 39.5. The minimum atomic E-state index is -1.97. The Hall–Kier alpha value is -13.8. The summed E-state index contributed by atoms with van der Waals surface area (Å²) in [4.78, 5) is 296. The molecule has 3 fully saturated rings. The van der Waals surface area contributed by atoms with E-state index in [1.54, 1.807) is 74.8 Å². The molecule has 16 amide bonds. The molecule has 5 aromatic rings. The number of fused-ring (bicyclic) bond motifs is 4. The van der Waals surface area contributed by atoms with E-state index in [2.05, 4.69) is 57.8 Å². The summed E-state index contributed by atoms with van der Waals surface area (Å²) in [5.74, 6) is -24.4. The Balaban J connectivity index is 1.21. The number of benzene rings is 3. The number of phenolic OH excluding ortho intramolecular Hbond substituents is 1. The number of likely N-dealkylation sites (N-methyl/N-ethyl adjacent to an activating group) is 3. The van der Waals surface area contributed by atoms with Crippen LogP contribution >= 0.6 is 11.8 Å². The molecule has 0 unspecified atom stereocenters. The van der Waals surface area contributed by atoms with Gasteiger partial charge in [-0.1, -0.05) is 88.1 Å². The highest BCUT2D eigenvalue weighted by atomic mass is 32.2. The van der Waals surface area contributed by atoms with Gasteiger partial charge in [0.1, 0.15) is 78.3 Å². The molecule has 5 heterocycles. The van der Waals surface area contributed by atoms with E-state index in [-0.39, 0.29) is 70.1 Å². The molecular weight excluding hydrogens is 1770 g/mol. The Labute approximate surface area is 773 Å². The molecule has 0 aliphatic carbocycles. The fraction of sp³-hybridized carbons (Fsp3) is 0.523. The van der Waals surface area contributed by atoms with Gasteiger partial charge >= 0.3 is 24.0 Å². The second-order valence-corrected chi connectivity index (χ2v) is 34.5. The van der Waals surface area contributed by atoms with Crippen molar-refractivity contribution in [2.45, 2.75) is 221 Å². The number of rotatable bonds is 26. The summed E-state index contributed by atoms with van der Waals surface area (Å²) in [6.07, 6.45) is -5.35. The largest absolute Gasteiger partial charge is 0.508 e. The quantitative estimate of drug-likeness (QED) is 0.0271. The maximum Gasteiger partial charge on any atom is 0.404 e. The molecule has 8 rings (SSSR count). The first kappa shape index (κ1) is 106. The Morgan fingerprint density at radius 2 is 1.05 bits per heavy atom. The van der Waals surface area contributed by atoms with Crippen LogP contribution in [-0.2, 0) is 110 Å². The van der Waals surface area contributed by atoms with Crippen molar-refractivity contribution < 1.29 is 127 Å². The van der Waals surface area contributed by atoms with Gasteiger partial charge in [-0.3, -0.25) is 91.1 Å². The number of aromatic nitrogens is 2. The van der Waals surface area contributed by atoms with Gasteiger partial charge in [0.2, 0.25) is 88.6 Å². The number of para-hydroxylation sites is 2. The lowest BCUT2D eigenvalue weighted by molar-refractivity contribution is -0.149. The molecule has 3 aliphatic heterocycles. The van der Waals surface area contributed by atoms with Crippen molar-refractivity contribution in [2.75, 3.05) is 65.4 Å². The highest BCUT2D eigenvalue weighted by Crippen LogP contribution is 2.30. The van der Waals surface area contributed by atoms with E-state index < -0.39 is 292 Å². The predicted molar refractivity (Wildman–Crippen MR) is 480 cm³/mol. The molecular formula is C88H119N19O26S. The van der Waals surface area contributed by atoms with Crippen molar-refractivity contribution in [1.82, 2.24) is 87.6 Å². The number of phenols is 1. The van der Waals surface area contributed by atoms with Crippen molar-refractivity contribution >= 4 is 152 Å². The monoisotopic (exact) mass is 1890 g/mol. The number of aliphatic carboxylic acids is 3. The number of carbonyl (C=O) groups is 20. The number of unbranched alkanes of at least 4 members (excludes halogenated alkanes) is 2. The second kappa shape index (κ2) is 50.2. The standard InChI is InChI=1S/C88H119N19O26S/c1-7-9-20-65-81(125)101-63(41-94-88(132)133)80(124)102-64(77(121)93-42-70(90)111)44-134-45-71(112)95-59(32-47-23-25-51(108)26-24-47)83(127)103(4)46(3)75(119)98-61(37-74(117)118)86(130)106-31-15-22-66(106)82(126)100-62(38-89)79(123)97-58(28-30-73(115)116)85(129)107-43-52(109)36-68(107)69(110)35-48(33-49-39-91-55-18-13-11-16-53(49)55)76(120)96-57(27-29-72(113)114)78(122)99-60(34-50-40-92-56-19-14-12-17-54(50)56)84(128)105(6)67(21-10-8-2)87(131)104(65)5/h11-14,16-19,23-26,39-40,46,48,52,57-68,91-92,94,108-109H,7-10,15,20-22,27-38,41-45,89H2,1-6H3,(H2,90,111)(H,93,121)(H,95,112)(H,96,120)(H,97,123)(H,98,119)(H,99,122)(H,100,126)(H,101,125)(H,102,124)(H,113,114)(H,115,116)(H,117,118)(H,132,133)/t46-,48+,52+,57-,58-,59-,60-,61-,62-,63-,64-,65-,66-,67-,68-/m0/s1. The van der Waals surface area contributed by atoms with Crippen molar-refractivity contribution in [3.8, 4) is 5.75 Å². The number of aromatic amines is 2. The van der Waals surface area contributed by atoms with Crippen LogP contribution in [0.25, 0.3) is 21.8 Å². The maximum absolute atomic E-state index is 15.8. The smallest absolute Gasteiger partial charge is 0.404 e. The number of ketones is 1. The van der Waals surface area contributed by atoms with Crippen LogP contribution in [0.1, 0.15) is 134 Å². The number of carbonyl (C=O) groups excluding carboxylic acids is 16. The molecule has 0 radical (unpaired) electrons. The molecule has 2 aromatic heterocycles. The number of amides is 16. The van der Waals surface area contributed by atoms with Gasteiger partial charge in [-0.15, -0.1) is 11.8 Å². The Bertz CT molecular complexity index is 5130. The number of thioether (sulfide) groups is 1. The van der Waals surface area contributed by atoms with Crippen molar-refractivity contribution in [1.29, 1.82) is 0 Å². The van der Waals surface area contributed by atoms with E-state index in [9.17, 15) is 93.0 Å². The van der Waals surface area contributed by atoms with E-state index in [1.165, 1.54) is 45.3 Å². The van der Waals surface area contributed by atoms with Gasteiger partial charge in [0.15, 0.2) is 5.78 Å². The molecule has 0 saturated carbocycles. The van der Waals surface area contributed by atoms with Gasteiger partial charge in [0, 0.05) is 125 Å². The zero-order valence-electron chi connectivity index (χ0n) is 75.1. The van der Waals surface area contributed by atoms with Gasteiger partial charge in [-0.05, 0) is 92.8 Å². The third kappa shape index (κ3) is 29.6. The normalized spacial score (nSPS) is 24.8. The zero-order chi connectivity index (χ0) is 98.5. The van der Waals surface area contributed by atoms with E-state index in [4.69, 9.17) is 11.5 Å². The van der Waals surface area contributed by atoms with Crippen LogP contribution in [0.4, 0.5) is 4.79 Å². The van der Waals surface area contributed by atoms with Crippen LogP contribution in [0.15, 0.2) is 85.2 Å². The molecule has 0 bridgehead atoms. The number of hydrogen-bond acceptors (Lipinski definition) is 24. The Morgan fingerprint density at radius 1 is 0.522 bits per heavy atom. The molecule has 728 valence electrons. The highest BCUT2D eigenvalue weighted by Gasteiger charge is 2.47. The number of Topliss-reactive ketones (excluding diaryl/α,β-unsaturated/α-hetero) is 1. The van der Waals surface area contributed by atoms with E-state index in [1.807, 2.05) is 5.32 Å². The summed E-state index contributed by atoms with van der Waals surface area (Å²) in [6.45, 7) is 1.46. The van der Waals surface area contributed by atoms with Crippen molar-refractivity contribution in [2.24, 2.45) is 17.4 Å². The van der Waals surface area contributed by atoms with E-state index >= 15 is 33.6 Å². The molecule has 3 aliphatic rings. The summed E-state index contributed by atoms with van der Waals surface area (Å²) in [5, 5.41) is 87.3. The topological polar surface area (TPSA) is 683 Å². The van der Waals surface area contributed by atoms with E-state index in [0.29, 0.717) is 63.1 Å². The average molecular weight is 1890 g/mol. The predicted octanol–water partition coefficient (Wildman–Crippen LogP) is -2.55. The summed E-state index contributed by atoms with van der Waals surface area (Å²) in [5.41, 5.74) is 13.9. The van der Waals surface area contributed by atoms with Gasteiger partial charge < -0.3 is 130 Å². The number of aliphatic hydroxyl groups is 1. The van der Waals surface area contributed by atoms with Crippen LogP contribution in [-0.4, -0.2) is 334 Å². The number of nitrogens with one attached hydrogen (secondary N) is 12. The van der Waals surface area contributed by atoms with Crippen molar-refractivity contribution in [3.05, 3.63) is 102 Å². The minimum Gasteiger partial charge on any atom is -0.508 e. The summed E-state index contributed by atoms with van der Waals surface area (Å²) >= 11 is 0.659. The molecule has 45 nitrogen and oxygen atoms in total. The number of primary amides is 1. The Morgan fingerprint density at radius 3 is 1.65 bits per heavy atom. The van der Waals surface area contributed by atoms with Gasteiger partial charge in [0.25, 0.3) is 0 Å². The number of carboxylic acids is 3. The molecule has 134 heavy (non-hydrogen) atoms. The lowest BCUT2D eigenvalue weighted by Gasteiger charge is -2.36. The lowest BCUT2D eigenvalue weighted by atomic mass is 9.90.